The van der Waals surface area contributed by atoms with Gasteiger partial charge in [-0.25, -0.2) is 9.78 Å². The number of para-hydroxylation sites is 1. The first-order chi connectivity index (χ1) is 15.5. The van der Waals surface area contributed by atoms with Crippen molar-refractivity contribution < 1.29 is 18.7 Å². The second kappa shape index (κ2) is 9.56. The number of unbranched alkanes of at least 4 members (excludes halogenated alkanes) is 1. The predicted molar refractivity (Wildman–Crippen MR) is 118 cm³/mol. The first-order valence-electron chi connectivity index (χ1n) is 10.0. The third-order valence-corrected chi connectivity index (χ3v) is 5.54. The van der Waals surface area contributed by atoms with E-state index < -0.39 is 11.9 Å². The van der Waals surface area contributed by atoms with Gasteiger partial charge in [-0.1, -0.05) is 36.8 Å². The van der Waals surface area contributed by atoms with Gasteiger partial charge < -0.3 is 14.5 Å². The summed E-state index contributed by atoms with van der Waals surface area (Å²) in [4.78, 5) is 42.1. The van der Waals surface area contributed by atoms with E-state index in [4.69, 9.17) is 9.15 Å². The van der Waals surface area contributed by atoms with Crippen molar-refractivity contribution in [3.63, 3.8) is 0 Å². The van der Waals surface area contributed by atoms with Crippen LogP contribution in [0.2, 0.25) is 0 Å². The minimum absolute atomic E-state index is 0.119. The van der Waals surface area contributed by atoms with Gasteiger partial charge >= 0.3 is 5.97 Å². The Balaban J connectivity index is 1.47. The van der Waals surface area contributed by atoms with E-state index in [2.05, 4.69) is 22.3 Å². The summed E-state index contributed by atoms with van der Waals surface area (Å²) in [6.07, 6.45) is 4.18. The number of hydrogen-bond donors (Lipinski definition) is 1. The number of esters is 1. The number of ether oxygens (including phenoxy) is 1. The van der Waals surface area contributed by atoms with Gasteiger partial charge in [-0.15, -0.1) is 0 Å². The molecule has 0 unspecified atom stereocenters. The van der Waals surface area contributed by atoms with Crippen molar-refractivity contribution in [3.8, 4) is 0 Å². The van der Waals surface area contributed by atoms with Crippen molar-refractivity contribution in [2.45, 2.75) is 32.8 Å². The van der Waals surface area contributed by atoms with Crippen molar-refractivity contribution in [3.05, 3.63) is 81.1 Å². The summed E-state index contributed by atoms with van der Waals surface area (Å²) in [7, 11) is 0. The van der Waals surface area contributed by atoms with Crippen LogP contribution in [0.5, 0.6) is 0 Å². The second-order valence-corrected chi connectivity index (χ2v) is 7.97. The molecule has 0 saturated heterocycles. The fourth-order valence-electron chi connectivity index (χ4n) is 2.98. The van der Waals surface area contributed by atoms with Crippen molar-refractivity contribution in [2.75, 3.05) is 5.32 Å². The fourth-order valence-corrected chi connectivity index (χ4v) is 3.94. The number of carbonyl (C=O) groups excluding carboxylic acids is 2. The Kier molecular flexibility index (Phi) is 6.41. The third kappa shape index (κ3) is 4.75. The zero-order valence-corrected chi connectivity index (χ0v) is 18.1. The molecule has 0 spiro atoms. The lowest BCUT2D eigenvalue weighted by atomic mass is 10.1. The number of amides is 1. The lowest BCUT2D eigenvalue weighted by molar-refractivity contribution is 0.0469. The third-order valence-electron chi connectivity index (χ3n) is 4.58. The first kappa shape index (κ1) is 21.4. The Morgan fingerprint density at radius 1 is 1.22 bits per heavy atom. The lowest BCUT2D eigenvalue weighted by Crippen LogP contribution is -2.18. The Hall–Kier alpha value is -3.79. The number of carbonyl (C=O) groups is 2. The molecule has 1 N–H and O–H groups in total. The molecule has 0 aliphatic carbocycles. The van der Waals surface area contributed by atoms with E-state index in [1.807, 2.05) is 0 Å². The molecule has 164 valence electrons. The van der Waals surface area contributed by atoms with E-state index in [9.17, 15) is 14.4 Å². The number of hydrogen-bond acceptors (Lipinski definition) is 8. The van der Waals surface area contributed by atoms with Gasteiger partial charge in [0.05, 0.1) is 23.2 Å². The summed E-state index contributed by atoms with van der Waals surface area (Å²) in [6.45, 7) is 1.90. The molecule has 3 heterocycles. The number of aryl methyl sites for hydroxylation is 1. The molecule has 3 aromatic heterocycles. The normalized spacial score (nSPS) is 10.9. The summed E-state index contributed by atoms with van der Waals surface area (Å²) in [5.41, 5.74) is 0.451. The SMILES string of the molecule is CCCCc1nn2c(=O)cc(COC(=O)c3ccccc3NC(=O)c3ccco3)nc2s1. The van der Waals surface area contributed by atoms with Gasteiger partial charge in [-0.05, 0) is 30.7 Å². The van der Waals surface area contributed by atoms with Crippen LogP contribution < -0.4 is 10.9 Å². The summed E-state index contributed by atoms with van der Waals surface area (Å²) in [5.74, 6) is -1.02. The molecule has 0 aliphatic heterocycles. The van der Waals surface area contributed by atoms with Crippen LogP contribution in [0.4, 0.5) is 5.69 Å². The molecule has 9 nitrogen and oxygen atoms in total. The molecule has 0 bridgehead atoms. The highest BCUT2D eigenvalue weighted by molar-refractivity contribution is 7.16. The van der Waals surface area contributed by atoms with Gasteiger partial charge in [-0.2, -0.15) is 9.61 Å². The number of nitrogens with zero attached hydrogens (tertiary/aromatic N) is 3. The summed E-state index contributed by atoms with van der Waals surface area (Å²) >= 11 is 1.35. The number of furan rings is 1. The van der Waals surface area contributed by atoms with E-state index >= 15 is 0 Å². The molecule has 0 atom stereocenters. The fraction of sp³-hybridized carbons (Fsp3) is 0.227. The zero-order chi connectivity index (χ0) is 22.5. The van der Waals surface area contributed by atoms with E-state index in [1.54, 1.807) is 24.3 Å². The van der Waals surface area contributed by atoms with Crippen LogP contribution in [-0.2, 0) is 17.8 Å². The molecule has 4 aromatic rings. The maximum atomic E-state index is 12.7. The molecular weight excluding hydrogens is 432 g/mol. The van der Waals surface area contributed by atoms with Crippen molar-refractivity contribution in [2.24, 2.45) is 0 Å². The van der Waals surface area contributed by atoms with Crippen molar-refractivity contribution in [1.82, 2.24) is 14.6 Å². The molecule has 0 aliphatic rings. The Bertz CT molecular complexity index is 1310. The van der Waals surface area contributed by atoms with Gasteiger partial charge in [0.15, 0.2) is 5.76 Å². The van der Waals surface area contributed by atoms with Gasteiger partial charge in [0.2, 0.25) is 4.96 Å². The quantitative estimate of drug-likeness (QED) is 0.405. The number of anilines is 1. The monoisotopic (exact) mass is 452 g/mol. The largest absolute Gasteiger partial charge is 0.459 e. The molecular formula is C22H20N4O5S. The standard InChI is InChI=1S/C22H20N4O5S/c1-2-3-10-18-25-26-19(27)12-14(23-22(26)32-18)13-31-21(29)15-7-4-5-8-16(15)24-20(28)17-9-6-11-30-17/h4-9,11-12H,2-3,10,13H2,1H3,(H,24,28). The number of rotatable bonds is 8. The smallest absolute Gasteiger partial charge is 0.340 e. The van der Waals surface area contributed by atoms with Crippen LogP contribution >= 0.6 is 11.3 Å². The van der Waals surface area contributed by atoms with E-state index in [-0.39, 0.29) is 29.2 Å². The summed E-state index contributed by atoms with van der Waals surface area (Å²) < 4.78 is 11.7. The van der Waals surface area contributed by atoms with Crippen LogP contribution in [0.15, 0.2) is 57.9 Å². The number of benzene rings is 1. The van der Waals surface area contributed by atoms with Crippen molar-refractivity contribution >= 4 is 33.9 Å². The van der Waals surface area contributed by atoms with Crippen LogP contribution in [0.1, 0.15) is 51.4 Å². The maximum Gasteiger partial charge on any atom is 0.340 e. The molecule has 4 rings (SSSR count). The summed E-state index contributed by atoms with van der Waals surface area (Å²) in [5, 5.41) is 7.77. The molecule has 0 saturated carbocycles. The van der Waals surface area contributed by atoms with E-state index in [0.29, 0.717) is 10.7 Å². The van der Waals surface area contributed by atoms with Gasteiger partial charge in [0.25, 0.3) is 11.5 Å². The Labute approximate surface area is 186 Å². The average molecular weight is 452 g/mol. The Morgan fingerprint density at radius 3 is 2.84 bits per heavy atom. The highest BCUT2D eigenvalue weighted by Crippen LogP contribution is 2.19. The first-order valence-corrected chi connectivity index (χ1v) is 10.9. The van der Waals surface area contributed by atoms with Gasteiger partial charge in [0, 0.05) is 12.5 Å². The van der Waals surface area contributed by atoms with Crippen LogP contribution in [0, 0.1) is 0 Å². The zero-order valence-electron chi connectivity index (χ0n) is 17.2. The molecule has 10 heteroatoms. The van der Waals surface area contributed by atoms with Crippen LogP contribution in [0.3, 0.4) is 0 Å². The highest BCUT2D eigenvalue weighted by Gasteiger charge is 2.17. The maximum absolute atomic E-state index is 12.7. The van der Waals surface area contributed by atoms with Crippen molar-refractivity contribution in [1.29, 1.82) is 0 Å². The molecule has 1 aromatic carbocycles. The average Bonchev–Trinajstić information content (AvgIpc) is 3.47. The molecule has 32 heavy (non-hydrogen) atoms. The number of nitrogens with one attached hydrogen (secondary N) is 1. The summed E-state index contributed by atoms with van der Waals surface area (Å²) in [6, 6.07) is 10.9. The molecule has 0 fully saturated rings. The molecule has 1 amide bonds. The second-order valence-electron chi connectivity index (χ2n) is 6.93. The predicted octanol–water partition coefficient (Wildman–Crippen LogP) is 3.70. The minimum atomic E-state index is -0.657. The van der Waals surface area contributed by atoms with Gasteiger partial charge in [0.1, 0.15) is 11.6 Å². The minimum Gasteiger partial charge on any atom is -0.459 e. The number of fused-ring (bicyclic) bond motifs is 1. The molecule has 0 radical (unpaired) electrons. The number of aromatic nitrogens is 3. The van der Waals surface area contributed by atoms with Crippen LogP contribution in [-0.4, -0.2) is 26.5 Å². The lowest BCUT2D eigenvalue weighted by Gasteiger charge is -2.10. The Morgan fingerprint density at radius 2 is 2.06 bits per heavy atom. The highest BCUT2D eigenvalue weighted by atomic mass is 32.1. The van der Waals surface area contributed by atoms with E-state index in [0.717, 1.165) is 24.3 Å². The van der Waals surface area contributed by atoms with Crippen LogP contribution in [0.25, 0.3) is 4.96 Å². The van der Waals surface area contributed by atoms with Gasteiger partial charge in [-0.3, -0.25) is 9.59 Å². The van der Waals surface area contributed by atoms with E-state index in [1.165, 1.54) is 40.3 Å². The topological polar surface area (TPSA) is 116 Å².